The second kappa shape index (κ2) is 5.98. The van der Waals surface area contributed by atoms with Crippen molar-refractivity contribution in [3.05, 3.63) is 70.5 Å². The second-order valence-electron chi connectivity index (χ2n) is 4.33. The molecule has 2 aromatic carbocycles. The molecular formula is C15H15ClFN. The minimum atomic E-state index is -0.235. The van der Waals surface area contributed by atoms with Crippen LogP contribution >= 0.6 is 11.6 Å². The van der Waals surface area contributed by atoms with Gasteiger partial charge in [-0.25, -0.2) is 4.39 Å². The topological polar surface area (TPSA) is 26.0 Å². The van der Waals surface area contributed by atoms with Crippen molar-refractivity contribution in [2.24, 2.45) is 5.73 Å². The Kier molecular flexibility index (Phi) is 4.34. The van der Waals surface area contributed by atoms with Gasteiger partial charge in [-0.1, -0.05) is 35.9 Å². The molecule has 0 aliphatic heterocycles. The van der Waals surface area contributed by atoms with E-state index in [1.807, 2.05) is 24.3 Å². The van der Waals surface area contributed by atoms with Gasteiger partial charge in [0.05, 0.1) is 0 Å². The lowest BCUT2D eigenvalue weighted by molar-refractivity contribution is 0.619. The first-order valence-electron chi connectivity index (χ1n) is 5.90. The molecule has 0 heterocycles. The highest BCUT2D eigenvalue weighted by Gasteiger charge is 2.06. The van der Waals surface area contributed by atoms with Crippen molar-refractivity contribution in [3.8, 4) is 0 Å². The maximum atomic E-state index is 12.8. The van der Waals surface area contributed by atoms with E-state index in [9.17, 15) is 4.39 Å². The van der Waals surface area contributed by atoms with Crippen LogP contribution in [-0.4, -0.2) is 0 Å². The van der Waals surface area contributed by atoms with Crippen molar-refractivity contribution in [2.45, 2.75) is 18.9 Å². The summed E-state index contributed by atoms with van der Waals surface area (Å²) in [5.74, 6) is -0.235. The lowest BCUT2D eigenvalue weighted by Crippen LogP contribution is -2.11. The van der Waals surface area contributed by atoms with Crippen LogP contribution < -0.4 is 5.73 Å². The molecule has 3 heteroatoms. The van der Waals surface area contributed by atoms with E-state index in [-0.39, 0.29) is 11.9 Å². The molecule has 0 amide bonds. The first kappa shape index (κ1) is 13.1. The predicted octanol–water partition coefficient (Wildman–Crippen LogP) is 4.11. The molecule has 0 saturated heterocycles. The van der Waals surface area contributed by atoms with E-state index in [2.05, 4.69) is 0 Å². The number of halogens is 2. The molecule has 0 saturated carbocycles. The highest BCUT2D eigenvalue weighted by molar-refractivity contribution is 6.30. The van der Waals surface area contributed by atoms with Crippen LogP contribution in [0.5, 0.6) is 0 Å². The largest absolute Gasteiger partial charge is 0.324 e. The van der Waals surface area contributed by atoms with Gasteiger partial charge in [0.1, 0.15) is 5.82 Å². The summed E-state index contributed by atoms with van der Waals surface area (Å²) in [7, 11) is 0. The minimum absolute atomic E-state index is 0.0791. The Hall–Kier alpha value is -1.38. The fourth-order valence-corrected chi connectivity index (χ4v) is 2.10. The Labute approximate surface area is 111 Å². The molecule has 0 fully saturated rings. The van der Waals surface area contributed by atoms with E-state index < -0.39 is 0 Å². The smallest absolute Gasteiger partial charge is 0.123 e. The zero-order valence-corrected chi connectivity index (χ0v) is 10.7. The molecule has 1 unspecified atom stereocenters. The maximum Gasteiger partial charge on any atom is 0.123 e. The molecule has 1 atom stereocenters. The molecule has 0 bridgehead atoms. The Morgan fingerprint density at radius 1 is 1.11 bits per heavy atom. The lowest BCUT2D eigenvalue weighted by Gasteiger charge is -2.12. The van der Waals surface area contributed by atoms with Gasteiger partial charge in [-0.15, -0.1) is 0 Å². The van der Waals surface area contributed by atoms with Crippen LogP contribution in [0.3, 0.4) is 0 Å². The summed E-state index contributed by atoms with van der Waals surface area (Å²) in [5, 5.41) is 0.739. The minimum Gasteiger partial charge on any atom is -0.324 e. The van der Waals surface area contributed by atoms with Gasteiger partial charge in [0, 0.05) is 11.1 Å². The summed E-state index contributed by atoms with van der Waals surface area (Å²) in [6.45, 7) is 0. The number of hydrogen-bond donors (Lipinski definition) is 1. The third kappa shape index (κ3) is 3.56. The monoisotopic (exact) mass is 263 g/mol. The van der Waals surface area contributed by atoms with Crippen LogP contribution in [0.15, 0.2) is 48.5 Å². The van der Waals surface area contributed by atoms with Gasteiger partial charge >= 0.3 is 0 Å². The molecule has 0 aliphatic rings. The molecule has 18 heavy (non-hydrogen) atoms. The highest BCUT2D eigenvalue weighted by Crippen LogP contribution is 2.18. The second-order valence-corrected chi connectivity index (χ2v) is 4.76. The van der Waals surface area contributed by atoms with E-state index in [4.69, 9.17) is 17.3 Å². The molecule has 2 aromatic rings. The van der Waals surface area contributed by atoms with Gasteiger partial charge in [-0.3, -0.25) is 0 Å². The normalized spacial score (nSPS) is 12.4. The summed E-state index contributed by atoms with van der Waals surface area (Å²) in [5.41, 5.74) is 8.20. The van der Waals surface area contributed by atoms with Gasteiger partial charge < -0.3 is 5.73 Å². The van der Waals surface area contributed by atoms with Crippen molar-refractivity contribution >= 4 is 11.6 Å². The van der Waals surface area contributed by atoms with Gasteiger partial charge in [-0.05, 0) is 48.2 Å². The molecule has 2 N–H and O–H groups in total. The molecule has 2 rings (SSSR count). The van der Waals surface area contributed by atoms with E-state index in [1.165, 1.54) is 17.7 Å². The molecule has 94 valence electrons. The van der Waals surface area contributed by atoms with Crippen LogP contribution in [-0.2, 0) is 6.42 Å². The number of rotatable bonds is 4. The molecule has 0 aromatic heterocycles. The Morgan fingerprint density at radius 2 is 1.83 bits per heavy atom. The van der Waals surface area contributed by atoms with Crippen LogP contribution in [0.25, 0.3) is 0 Å². The summed E-state index contributed by atoms with van der Waals surface area (Å²) >= 11 is 5.92. The van der Waals surface area contributed by atoms with Crippen LogP contribution in [0, 0.1) is 5.82 Å². The zero-order chi connectivity index (χ0) is 13.0. The van der Waals surface area contributed by atoms with Gasteiger partial charge in [0.25, 0.3) is 0 Å². The first-order chi connectivity index (χ1) is 8.65. The van der Waals surface area contributed by atoms with Crippen LogP contribution in [0.4, 0.5) is 4.39 Å². The summed E-state index contributed by atoms with van der Waals surface area (Å²) in [6.07, 6.45) is 1.67. The standard InChI is InChI=1S/C15H15ClFN/c16-13-3-1-2-11(10-13)4-9-15(18)12-5-7-14(17)8-6-12/h1-3,5-8,10,15H,4,9,18H2. The molecule has 0 spiro atoms. The van der Waals surface area contributed by atoms with Crippen LogP contribution in [0.2, 0.25) is 5.02 Å². The van der Waals surface area contributed by atoms with Crippen LogP contribution in [0.1, 0.15) is 23.6 Å². The Bertz CT molecular complexity index is 510. The number of benzene rings is 2. The fraction of sp³-hybridized carbons (Fsp3) is 0.200. The molecule has 0 radical (unpaired) electrons. The van der Waals surface area contributed by atoms with Crippen molar-refractivity contribution in [3.63, 3.8) is 0 Å². The maximum absolute atomic E-state index is 12.8. The Balaban J connectivity index is 1.96. The van der Waals surface area contributed by atoms with E-state index >= 15 is 0 Å². The van der Waals surface area contributed by atoms with Gasteiger partial charge in [0.15, 0.2) is 0 Å². The van der Waals surface area contributed by atoms with Crippen molar-refractivity contribution in [1.29, 1.82) is 0 Å². The van der Waals surface area contributed by atoms with Crippen molar-refractivity contribution < 1.29 is 4.39 Å². The first-order valence-corrected chi connectivity index (χ1v) is 6.28. The molecule has 1 nitrogen and oxygen atoms in total. The van der Waals surface area contributed by atoms with Crippen molar-refractivity contribution in [2.75, 3.05) is 0 Å². The SMILES string of the molecule is NC(CCc1cccc(Cl)c1)c1ccc(F)cc1. The predicted molar refractivity (Wildman–Crippen MR) is 73.1 cm³/mol. The number of aryl methyl sites for hydroxylation is 1. The fourth-order valence-electron chi connectivity index (χ4n) is 1.89. The van der Waals surface area contributed by atoms with Crippen molar-refractivity contribution in [1.82, 2.24) is 0 Å². The molecule has 0 aliphatic carbocycles. The van der Waals surface area contributed by atoms with E-state index in [1.54, 1.807) is 12.1 Å². The van der Waals surface area contributed by atoms with Gasteiger partial charge in [-0.2, -0.15) is 0 Å². The highest BCUT2D eigenvalue weighted by atomic mass is 35.5. The summed E-state index contributed by atoms with van der Waals surface area (Å²) in [4.78, 5) is 0. The lowest BCUT2D eigenvalue weighted by atomic mass is 10.00. The van der Waals surface area contributed by atoms with E-state index in [0.717, 1.165) is 23.4 Å². The van der Waals surface area contributed by atoms with Gasteiger partial charge in [0.2, 0.25) is 0 Å². The molecular weight excluding hydrogens is 249 g/mol. The quantitative estimate of drug-likeness (QED) is 0.883. The summed E-state index contributed by atoms with van der Waals surface area (Å²) < 4.78 is 12.8. The average molecular weight is 264 g/mol. The average Bonchev–Trinajstić information content (AvgIpc) is 2.37. The Morgan fingerprint density at radius 3 is 2.50 bits per heavy atom. The summed E-state index contributed by atoms with van der Waals surface area (Å²) in [6, 6.07) is 14.0. The zero-order valence-electron chi connectivity index (χ0n) is 9.94. The third-order valence-electron chi connectivity index (χ3n) is 2.93. The number of hydrogen-bond acceptors (Lipinski definition) is 1. The third-order valence-corrected chi connectivity index (χ3v) is 3.17. The van der Waals surface area contributed by atoms with E-state index in [0.29, 0.717) is 0 Å². The number of nitrogens with two attached hydrogens (primary N) is 1.